The topological polar surface area (TPSA) is 54.3 Å². The van der Waals surface area contributed by atoms with Gasteiger partial charge in [-0.25, -0.2) is 0 Å². The lowest BCUT2D eigenvalue weighted by atomic mass is 10.0. The second-order valence-electron chi connectivity index (χ2n) is 8.51. The summed E-state index contributed by atoms with van der Waals surface area (Å²) in [7, 11) is 0. The van der Waals surface area contributed by atoms with Crippen molar-refractivity contribution in [2.45, 2.75) is 39.0 Å². The van der Waals surface area contributed by atoms with Crippen molar-refractivity contribution in [3.8, 4) is 0 Å². The molecule has 2 aromatic rings. The Balaban J connectivity index is 1.62. The predicted molar refractivity (Wildman–Crippen MR) is 131 cm³/mol. The van der Waals surface area contributed by atoms with E-state index in [2.05, 4.69) is 23.9 Å². The van der Waals surface area contributed by atoms with Gasteiger partial charge < -0.3 is 14.7 Å². The third-order valence-corrected chi connectivity index (χ3v) is 5.95. The van der Waals surface area contributed by atoms with Gasteiger partial charge >= 0.3 is 0 Å². The normalized spacial score (nSPS) is 17.0. The highest BCUT2D eigenvalue weighted by Crippen LogP contribution is 2.26. The number of aliphatic hydroxyl groups excluding tert-OH is 1. The standard InChI is InChI=1S/C24H29Cl3N2O3/c1-16(2)14-31-15-20(30)12-29(11-17-4-3-5-19(25)8-17)13-21-10-24(28-32-21)18-6-7-22(26)23(27)9-18/h3-9,16,20-21,30H,10-15H2,1-2H3/t20-,21-/m1/s1. The molecular formula is C24H29Cl3N2O3. The summed E-state index contributed by atoms with van der Waals surface area (Å²) >= 11 is 18.3. The van der Waals surface area contributed by atoms with Crippen molar-refractivity contribution >= 4 is 40.5 Å². The maximum absolute atomic E-state index is 10.5. The van der Waals surface area contributed by atoms with Gasteiger partial charge in [0.05, 0.1) is 28.5 Å². The van der Waals surface area contributed by atoms with Gasteiger partial charge in [0.25, 0.3) is 0 Å². The molecule has 0 unspecified atom stereocenters. The minimum absolute atomic E-state index is 0.137. The highest BCUT2D eigenvalue weighted by molar-refractivity contribution is 6.42. The molecule has 2 atom stereocenters. The van der Waals surface area contributed by atoms with E-state index < -0.39 is 6.10 Å². The molecule has 0 saturated heterocycles. The number of halogens is 3. The fourth-order valence-corrected chi connectivity index (χ4v) is 4.06. The van der Waals surface area contributed by atoms with Crippen LogP contribution in [0.2, 0.25) is 15.1 Å². The first-order chi connectivity index (χ1) is 15.3. The Kier molecular flexibility index (Phi) is 9.65. The Bertz CT molecular complexity index is 923. The van der Waals surface area contributed by atoms with Gasteiger partial charge in [-0.1, -0.05) is 72.0 Å². The summed E-state index contributed by atoms with van der Waals surface area (Å²) in [6.07, 6.45) is -0.101. The minimum atomic E-state index is -0.607. The zero-order valence-corrected chi connectivity index (χ0v) is 20.6. The zero-order chi connectivity index (χ0) is 23.1. The zero-order valence-electron chi connectivity index (χ0n) is 18.3. The van der Waals surface area contributed by atoms with Crippen LogP contribution in [0.3, 0.4) is 0 Å². The van der Waals surface area contributed by atoms with E-state index in [0.717, 1.165) is 16.8 Å². The van der Waals surface area contributed by atoms with Crippen LogP contribution in [0.4, 0.5) is 0 Å². The molecule has 1 N–H and O–H groups in total. The largest absolute Gasteiger partial charge is 0.390 e. The van der Waals surface area contributed by atoms with Crippen LogP contribution < -0.4 is 0 Å². The van der Waals surface area contributed by atoms with Gasteiger partial charge in [0.15, 0.2) is 0 Å². The van der Waals surface area contributed by atoms with Crippen molar-refractivity contribution in [1.82, 2.24) is 4.90 Å². The van der Waals surface area contributed by atoms with Crippen LogP contribution in [0, 0.1) is 5.92 Å². The van der Waals surface area contributed by atoms with Crippen LogP contribution in [0.1, 0.15) is 31.4 Å². The van der Waals surface area contributed by atoms with Crippen LogP contribution in [0.5, 0.6) is 0 Å². The van der Waals surface area contributed by atoms with Crippen molar-refractivity contribution in [1.29, 1.82) is 0 Å². The van der Waals surface area contributed by atoms with E-state index in [9.17, 15) is 5.11 Å². The molecule has 0 aromatic heterocycles. The number of nitrogens with zero attached hydrogens (tertiary/aromatic N) is 2. The molecule has 0 spiro atoms. The van der Waals surface area contributed by atoms with E-state index in [4.69, 9.17) is 44.4 Å². The average molecular weight is 500 g/mol. The summed E-state index contributed by atoms with van der Waals surface area (Å²) in [5, 5.41) is 16.5. The molecule has 8 heteroatoms. The summed E-state index contributed by atoms with van der Waals surface area (Å²) in [5.41, 5.74) is 2.79. The Labute approximate surface area is 204 Å². The van der Waals surface area contributed by atoms with E-state index in [1.165, 1.54) is 0 Å². The Morgan fingerprint density at radius 1 is 1.12 bits per heavy atom. The molecule has 0 radical (unpaired) electrons. The number of oxime groups is 1. The molecule has 1 aliphatic rings. The van der Waals surface area contributed by atoms with Crippen LogP contribution in [0.15, 0.2) is 47.6 Å². The molecule has 2 aromatic carbocycles. The van der Waals surface area contributed by atoms with E-state index in [-0.39, 0.29) is 6.10 Å². The number of benzene rings is 2. The molecule has 0 fully saturated rings. The molecule has 174 valence electrons. The third kappa shape index (κ3) is 7.91. The number of ether oxygens (including phenoxy) is 1. The lowest BCUT2D eigenvalue weighted by Crippen LogP contribution is -2.39. The lowest BCUT2D eigenvalue weighted by Gasteiger charge is -2.27. The van der Waals surface area contributed by atoms with Gasteiger partial charge in [-0.05, 0) is 35.7 Å². The molecule has 1 heterocycles. The molecule has 1 aliphatic heterocycles. The van der Waals surface area contributed by atoms with Crippen LogP contribution >= 0.6 is 34.8 Å². The van der Waals surface area contributed by atoms with Crippen molar-refractivity contribution in [2.75, 3.05) is 26.3 Å². The number of aliphatic hydroxyl groups is 1. The fourth-order valence-electron chi connectivity index (χ4n) is 3.55. The Hall–Kier alpha value is -1.34. The summed E-state index contributed by atoms with van der Waals surface area (Å²) < 4.78 is 5.62. The fraction of sp³-hybridized carbons (Fsp3) is 0.458. The molecule has 3 rings (SSSR count). The van der Waals surface area contributed by atoms with Crippen molar-refractivity contribution in [3.63, 3.8) is 0 Å². The minimum Gasteiger partial charge on any atom is -0.390 e. The number of hydrogen-bond donors (Lipinski definition) is 1. The van der Waals surface area contributed by atoms with Gasteiger partial charge in [-0.2, -0.15) is 0 Å². The molecule has 0 saturated carbocycles. The van der Waals surface area contributed by atoms with Gasteiger partial charge in [0, 0.05) is 43.2 Å². The van der Waals surface area contributed by atoms with Gasteiger partial charge in [-0.3, -0.25) is 4.90 Å². The summed E-state index contributed by atoms with van der Waals surface area (Å²) in [4.78, 5) is 7.85. The number of hydrogen-bond acceptors (Lipinski definition) is 5. The molecule has 0 bridgehead atoms. The predicted octanol–water partition coefficient (Wildman–Crippen LogP) is 5.68. The lowest BCUT2D eigenvalue weighted by molar-refractivity contribution is -0.00734. The molecule has 5 nitrogen and oxygen atoms in total. The molecule has 32 heavy (non-hydrogen) atoms. The summed E-state index contributed by atoms with van der Waals surface area (Å²) in [6.45, 7) is 6.76. The van der Waals surface area contributed by atoms with Gasteiger partial charge in [0.1, 0.15) is 6.10 Å². The van der Waals surface area contributed by atoms with Crippen molar-refractivity contribution in [2.24, 2.45) is 11.1 Å². The summed E-state index contributed by atoms with van der Waals surface area (Å²) in [5.74, 6) is 0.425. The Morgan fingerprint density at radius 2 is 1.94 bits per heavy atom. The van der Waals surface area contributed by atoms with E-state index >= 15 is 0 Å². The monoisotopic (exact) mass is 498 g/mol. The highest BCUT2D eigenvalue weighted by atomic mass is 35.5. The Morgan fingerprint density at radius 3 is 2.66 bits per heavy atom. The highest BCUT2D eigenvalue weighted by Gasteiger charge is 2.26. The smallest absolute Gasteiger partial charge is 0.145 e. The van der Waals surface area contributed by atoms with E-state index in [1.807, 2.05) is 30.3 Å². The van der Waals surface area contributed by atoms with Crippen molar-refractivity contribution in [3.05, 3.63) is 68.7 Å². The quantitative estimate of drug-likeness (QED) is 0.432. The maximum atomic E-state index is 10.5. The second kappa shape index (κ2) is 12.2. The first-order valence-corrected chi connectivity index (χ1v) is 11.8. The molecule has 0 aliphatic carbocycles. The van der Waals surface area contributed by atoms with Crippen molar-refractivity contribution < 1.29 is 14.7 Å². The summed E-state index contributed by atoms with van der Waals surface area (Å²) in [6, 6.07) is 13.2. The second-order valence-corrected chi connectivity index (χ2v) is 9.76. The van der Waals surface area contributed by atoms with Crippen LogP contribution in [-0.2, 0) is 16.1 Å². The molecule has 0 amide bonds. The maximum Gasteiger partial charge on any atom is 0.145 e. The van der Waals surface area contributed by atoms with Gasteiger partial charge in [-0.15, -0.1) is 0 Å². The van der Waals surface area contributed by atoms with Crippen LogP contribution in [0.25, 0.3) is 0 Å². The van der Waals surface area contributed by atoms with Crippen LogP contribution in [-0.4, -0.2) is 54.2 Å². The third-order valence-electron chi connectivity index (χ3n) is 4.97. The average Bonchev–Trinajstić information content (AvgIpc) is 3.18. The van der Waals surface area contributed by atoms with E-state index in [0.29, 0.717) is 60.3 Å². The van der Waals surface area contributed by atoms with E-state index in [1.54, 1.807) is 12.1 Å². The first kappa shape index (κ1) is 25.3. The number of rotatable bonds is 11. The SMILES string of the molecule is CC(C)COC[C@H](O)CN(Cc1cccc(Cl)c1)C[C@H]1CC(c2ccc(Cl)c(Cl)c2)=NO1. The van der Waals surface area contributed by atoms with Gasteiger partial charge in [0.2, 0.25) is 0 Å². The first-order valence-electron chi connectivity index (χ1n) is 10.7. The molecular weight excluding hydrogens is 471 g/mol.